The fourth-order valence-corrected chi connectivity index (χ4v) is 1.80. The SMILES string of the molecule is C=C(C(=O)O)C(C=C(CC)C(=O)O)CC.C=Cc1ccccc1. The fraction of sp³-hybridized carbons (Fsp3) is 0.263. The van der Waals surface area contributed by atoms with Crippen molar-refractivity contribution >= 4 is 18.0 Å². The second kappa shape index (κ2) is 11.0. The molecule has 1 unspecified atom stereocenters. The highest BCUT2D eigenvalue weighted by molar-refractivity contribution is 5.89. The largest absolute Gasteiger partial charge is 0.478 e. The molecule has 0 heterocycles. The van der Waals surface area contributed by atoms with Gasteiger partial charge >= 0.3 is 11.9 Å². The minimum absolute atomic E-state index is 0.0321. The molecule has 2 N–H and O–H groups in total. The van der Waals surface area contributed by atoms with Crippen LogP contribution in [0.15, 0.2) is 60.7 Å². The van der Waals surface area contributed by atoms with E-state index in [0.29, 0.717) is 12.8 Å². The molecule has 1 atom stereocenters. The molecule has 0 bridgehead atoms. The van der Waals surface area contributed by atoms with Crippen molar-refractivity contribution in [2.45, 2.75) is 26.7 Å². The van der Waals surface area contributed by atoms with Crippen molar-refractivity contribution in [1.29, 1.82) is 0 Å². The van der Waals surface area contributed by atoms with Gasteiger partial charge in [0.2, 0.25) is 0 Å². The van der Waals surface area contributed by atoms with Crippen molar-refractivity contribution in [3.8, 4) is 0 Å². The van der Waals surface area contributed by atoms with E-state index in [1.165, 1.54) is 11.6 Å². The molecule has 23 heavy (non-hydrogen) atoms. The molecule has 0 radical (unpaired) electrons. The van der Waals surface area contributed by atoms with E-state index in [9.17, 15) is 9.59 Å². The van der Waals surface area contributed by atoms with Gasteiger partial charge in [-0.2, -0.15) is 0 Å². The van der Waals surface area contributed by atoms with Crippen LogP contribution in [0.2, 0.25) is 0 Å². The number of aliphatic carboxylic acids is 2. The Hall–Kier alpha value is -2.62. The Morgan fingerprint density at radius 3 is 2.00 bits per heavy atom. The first-order valence-electron chi connectivity index (χ1n) is 7.40. The summed E-state index contributed by atoms with van der Waals surface area (Å²) in [6.45, 7) is 10.6. The highest BCUT2D eigenvalue weighted by Gasteiger charge is 2.16. The average Bonchev–Trinajstić information content (AvgIpc) is 2.56. The zero-order valence-electron chi connectivity index (χ0n) is 13.7. The quantitative estimate of drug-likeness (QED) is 0.731. The lowest BCUT2D eigenvalue weighted by Gasteiger charge is -2.11. The zero-order chi connectivity index (χ0) is 17.8. The van der Waals surface area contributed by atoms with Crippen molar-refractivity contribution in [3.05, 3.63) is 66.3 Å². The van der Waals surface area contributed by atoms with Gasteiger partial charge < -0.3 is 10.2 Å². The van der Waals surface area contributed by atoms with Crippen LogP contribution >= 0.6 is 0 Å². The molecule has 1 aromatic carbocycles. The molecular formula is C19H24O4. The van der Waals surface area contributed by atoms with Crippen molar-refractivity contribution < 1.29 is 19.8 Å². The number of carboxylic acid groups (broad SMARTS) is 2. The van der Waals surface area contributed by atoms with Crippen molar-refractivity contribution in [2.24, 2.45) is 5.92 Å². The Bertz CT molecular complexity index is 570. The highest BCUT2D eigenvalue weighted by atomic mass is 16.4. The van der Waals surface area contributed by atoms with Gasteiger partial charge in [0.05, 0.1) is 0 Å². The lowest BCUT2D eigenvalue weighted by atomic mass is 9.94. The van der Waals surface area contributed by atoms with Crippen LogP contribution in [0.3, 0.4) is 0 Å². The van der Waals surface area contributed by atoms with Crippen molar-refractivity contribution in [2.75, 3.05) is 0 Å². The summed E-state index contributed by atoms with van der Waals surface area (Å²) in [7, 11) is 0. The Labute approximate surface area is 137 Å². The maximum Gasteiger partial charge on any atom is 0.331 e. The third-order valence-corrected chi connectivity index (χ3v) is 3.26. The third-order valence-electron chi connectivity index (χ3n) is 3.26. The molecule has 4 nitrogen and oxygen atoms in total. The lowest BCUT2D eigenvalue weighted by Crippen LogP contribution is -2.11. The molecular weight excluding hydrogens is 292 g/mol. The molecule has 0 aliphatic carbocycles. The zero-order valence-corrected chi connectivity index (χ0v) is 13.7. The van der Waals surface area contributed by atoms with Gasteiger partial charge in [-0.25, -0.2) is 9.59 Å². The van der Waals surface area contributed by atoms with E-state index in [1.54, 1.807) is 13.8 Å². The van der Waals surface area contributed by atoms with E-state index < -0.39 is 17.9 Å². The first-order chi connectivity index (χ1) is 10.9. The molecule has 0 aliphatic heterocycles. The summed E-state index contributed by atoms with van der Waals surface area (Å²) in [6.07, 6.45) is 4.21. The van der Waals surface area contributed by atoms with Crippen molar-refractivity contribution in [1.82, 2.24) is 0 Å². The van der Waals surface area contributed by atoms with E-state index in [4.69, 9.17) is 10.2 Å². The normalized spacial score (nSPS) is 11.7. The van der Waals surface area contributed by atoms with Gasteiger partial charge in [0.25, 0.3) is 0 Å². The van der Waals surface area contributed by atoms with Gasteiger partial charge in [-0.15, -0.1) is 0 Å². The summed E-state index contributed by atoms with van der Waals surface area (Å²) in [6, 6.07) is 10.0. The molecule has 0 amide bonds. The van der Waals surface area contributed by atoms with Gasteiger partial charge in [-0.3, -0.25) is 0 Å². The molecule has 0 spiro atoms. The smallest absolute Gasteiger partial charge is 0.331 e. The summed E-state index contributed by atoms with van der Waals surface area (Å²) in [5.74, 6) is -2.50. The standard InChI is InChI=1S/C11H16O4.C8H8/c1-4-8(7(3)10(12)13)6-9(5-2)11(14)15;1-2-8-6-4-3-5-7-8/h6,8H,3-5H2,1-2H3,(H,12,13)(H,14,15);2-7H,1H2. The number of allylic oxidation sites excluding steroid dienone is 1. The number of hydrogen-bond acceptors (Lipinski definition) is 2. The predicted molar refractivity (Wildman–Crippen MR) is 93.1 cm³/mol. The maximum atomic E-state index is 10.7. The van der Waals surface area contributed by atoms with Crippen LogP contribution < -0.4 is 0 Å². The number of benzene rings is 1. The van der Waals surface area contributed by atoms with E-state index in [-0.39, 0.29) is 11.1 Å². The molecule has 0 fully saturated rings. The Morgan fingerprint density at radius 1 is 1.13 bits per heavy atom. The summed E-state index contributed by atoms with van der Waals surface area (Å²) >= 11 is 0. The van der Waals surface area contributed by atoms with E-state index >= 15 is 0 Å². The van der Waals surface area contributed by atoms with Gasteiger partial charge in [0.1, 0.15) is 0 Å². The van der Waals surface area contributed by atoms with Crippen LogP contribution in [-0.4, -0.2) is 22.2 Å². The monoisotopic (exact) mass is 316 g/mol. The molecule has 0 aliphatic rings. The average molecular weight is 316 g/mol. The number of carboxylic acids is 2. The molecule has 124 valence electrons. The minimum atomic E-state index is -1.08. The van der Waals surface area contributed by atoms with E-state index in [2.05, 4.69) is 13.2 Å². The minimum Gasteiger partial charge on any atom is -0.478 e. The maximum absolute atomic E-state index is 10.7. The topological polar surface area (TPSA) is 74.6 Å². The van der Waals surface area contributed by atoms with Crippen LogP contribution in [0.1, 0.15) is 32.3 Å². The van der Waals surface area contributed by atoms with Crippen LogP contribution in [-0.2, 0) is 9.59 Å². The highest BCUT2D eigenvalue weighted by Crippen LogP contribution is 2.18. The first kappa shape index (κ1) is 20.4. The summed E-state index contributed by atoms with van der Waals surface area (Å²) in [5.41, 5.74) is 1.43. The van der Waals surface area contributed by atoms with Crippen LogP contribution in [0.25, 0.3) is 6.08 Å². The Kier molecular flexibility index (Phi) is 9.76. The molecule has 1 rings (SSSR count). The molecule has 4 heteroatoms. The number of hydrogen-bond donors (Lipinski definition) is 2. The van der Waals surface area contributed by atoms with Crippen LogP contribution in [0.5, 0.6) is 0 Å². The first-order valence-corrected chi connectivity index (χ1v) is 7.40. The Balaban J connectivity index is 0.000000502. The summed E-state index contributed by atoms with van der Waals surface area (Å²) in [4.78, 5) is 21.4. The fourth-order valence-electron chi connectivity index (χ4n) is 1.80. The molecule has 1 aromatic rings. The van der Waals surface area contributed by atoms with E-state index in [0.717, 1.165) is 0 Å². The molecule has 0 saturated heterocycles. The van der Waals surface area contributed by atoms with Gasteiger partial charge in [0, 0.05) is 17.1 Å². The van der Waals surface area contributed by atoms with Crippen LogP contribution in [0, 0.1) is 5.92 Å². The third kappa shape index (κ3) is 7.81. The lowest BCUT2D eigenvalue weighted by molar-refractivity contribution is -0.134. The molecule has 0 saturated carbocycles. The second-order valence-electron chi connectivity index (χ2n) is 4.81. The van der Waals surface area contributed by atoms with E-state index in [1.807, 2.05) is 36.4 Å². The van der Waals surface area contributed by atoms with Crippen molar-refractivity contribution in [3.63, 3.8) is 0 Å². The van der Waals surface area contributed by atoms with Gasteiger partial charge in [-0.05, 0) is 18.4 Å². The summed E-state index contributed by atoms with van der Waals surface area (Å²) < 4.78 is 0. The van der Waals surface area contributed by atoms with Gasteiger partial charge in [0.15, 0.2) is 0 Å². The predicted octanol–water partition coefficient (Wildman–Crippen LogP) is 4.40. The number of carbonyl (C=O) groups is 2. The second-order valence-corrected chi connectivity index (χ2v) is 4.81. The van der Waals surface area contributed by atoms with Gasteiger partial charge in [-0.1, -0.05) is 69.5 Å². The Morgan fingerprint density at radius 2 is 1.70 bits per heavy atom. The van der Waals surface area contributed by atoms with Crippen LogP contribution in [0.4, 0.5) is 0 Å². The summed E-state index contributed by atoms with van der Waals surface area (Å²) in [5, 5.41) is 17.5. The number of rotatable bonds is 7. The molecule has 0 aromatic heterocycles.